The molecule has 1 aromatic rings. The molecule has 0 unspecified atom stereocenters. The summed E-state index contributed by atoms with van der Waals surface area (Å²) >= 11 is 0. The Morgan fingerprint density at radius 2 is 1.85 bits per heavy atom. The molecule has 0 saturated heterocycles. The first-order chi connectivity index (χ1) is 9.41. The van der Waals surface area contributed by atoms with Gasteiger partial charge in [0.15, 0.2) is 0 Å². The van der Waals surface area contributed by atoms with E-state index < -0.39 is 11.6 Å². The molecule has 0 radical (unpaired) electrons. The molecule has 1 fully saturated rings. The van der Waals surface area contributed by atoms with Crippen molar-refractivity contribution in [2.24, 2.45) is 0 Å². The maximum atomic E-state index is 12.3. The second kappa shape index (κ2) is 5.63. The summed E-state index contributed by atoms with van der Waals surface area (Å²) in [7, 11) is 1.63. The third-order valence-electron chi connectivity index (χ3n) is 3.77. The number of carboxylic acids is 1. The second-order valence-electron chi connectivity index (χ2n) is 5.48. The first-order valence-electron chi connectivity index (χ1n) is 6.72. The largest absolute Gasteiger partial charge is 0.478 e. The summed E-state index contributed by atoms with van der Waals surface area (Å²) in [6.45, 7) is 0.281. The van der Waals surface area contributed by atoms with Crippen LogP contribution in [-0.4, -0.2) is 46.2 Å². The third-order valence-corrected chi connectivity index (χ3v) is 3.77. The number of hydrogen-bond acceptors (Lipinski definition) is 3. The van der Waals surface area contributed by atoms with Crippen molar-refractivity contribution in [1.29, 1.82) is 0 Å². The number of hydrogen-bond donors (Lipinski definition) is 2. The van der Waals surface area contributed by atoms with Gasteiger partial charge in [-0.2, -0.15) is 0 Å². The highest BCUT2D eigenvalue weighted by atomic mass is 16.4. The van der Waals surface area contributed by atoms with Crippen molar-refractivity contribution in [1.82, 2.24) is 4.90 Å². The van der Waals surface area contributed by atoms with Gasteiger partial charge in [-0.05, 0) is 31.0 Å². The van der Waals surface area contributed by atoms with Crippen LogP contribution in [0.1, 0.15) is 46.4 Å². The maximum Gasteiger partial charge on any atom is 0.335 e. The van der Waals surface area contributed by atoms with Crippen molar-refractivity contribution in [3.05, 3.63) is 35.4 Å². The molecule has 1 saturated carbocycles. The minimum Gasteiger partial charge on any atom is -0.478 e. The van der Waals surface area contributed by atoms with Crippen LogP contribution in [-0.2, 0) is 0 Å². The zero-order valence-corrected chi connectivity index (χ0v) is 11.5. The molecular formula is C15H19NO4. The summed E-state index contributed by atoms with van der Waals surface area (Å²) < 4.78 is 0. The minimum atomic E-state index is -1.06. The van der Waals surface area contributed by atoms with Crippen molar-refractivity contribution in [3.63, 3.8) is 0 Å². The Morgan fingerprint density at radius 3 is 2.45 bits per heavy atom. The van der Waals surface area contributed by atoms with Crippen LogP contribution in [0.3, 0.4) is 0 Å². The van der Waals surface area contributed by atoms with E-state index in [0.717, 1.165) is 12.8 Å². The Kier molecular flexibility index (Phi) is 4.09. The number of carboxylic acid groups (broad SMARTS) is 1. The quantitative estimate of drug-likeness (QED) is 0.879. The van der Waals surface area contributed by atoms with Crippen molar-refractivity contribution in [3.8, 4) is 0 Å². The molecule has 1 amide bonds. The Hall–Kier alpha value is -1.88. The highest BCUT2D eigenvalue weighted by Gasteiger charge is 2.33. The van der Waals surface area contributed by atoms with Crippen LogP contribution in [0, 0.1) is 0 Å². The Bertz CT molecular complexity index is 520. The summed E-state index contributed by atoms with van der Waals surface area (Å²) in [6.07, 6.45) is 3.37. The molecule has 20 heavy (non-hydrogen) atoms. The van der Waals surface area contributed by atoms with Gasteiger partial charge in [-0.1, -0.05) is 18.9 Å². The highest BCUT2D eigenvalue weighted by Crippen LogP contribution is 2.30. The lowest BCUT2D eigenvalue weighted by Crippen LogP contribution is -2.42. The van der Waals surface area contributed by atoms with Crippen LogP contribution in [0.15, 0.2) is 24.3 Å². The lowest BCUT2D eigenvalue weighted by atomic mass is 10.0. The number of nitrogens with zero attached hydrogens (tertiary/aromatic N) is 1. The SMILES string of the molecule is CN(CC1(O)CCCC1)C(=O)c1cccc(C(=O)O)c1. The molecule has 0 aromatic heterocycles. The van der Waals surface area contributed by atoms with Gasteiger partial charge in [0.25, 0.3) is 5.91 Å². The number of carbonyl (C=O) groups is 2. The number of aliphatic hydroxyl groups is 1. The minimum absolute atomic E-state index is 0.0869. The molecule has 1 aromatic carbocycles. The van der Waals surface area contributed by atoms with Crippen LogP contribution in [0.5, 0.6) is 0 Å². The average Bonchev–Trinajstić information content (AvgIpc) is 2.84. The Balaban J connectivity index is 2.10. The number of benzene rings is 1. The molecule has 1 aliphatic carbocycles. The van der Waals surface area contributed by atoms with Crippen LogP contribution in [0.2, 0.25) is 0 Å². The van der Waals surface area contributed by atoms with Gasteiger partial charge in [0, 0.05) is 19.2 Å². The number of aromatic carboxylic acids is 1. The molecule has 108 valence electrons. The Labute approximate surface area is 117 Å². The van der Waals surface area contributed by atoms with Gasteiger partial charge in [0.05, 0.1) is 11.2 Å². The van der Waals surface area contributed by atoms with Crippen molar-refractivity contribution < 1.29 is 19.8 Å². The standard InChI is InChI=1S/C15H19NO4/c1-16(10-15(20)7-2-3-8-15)13(17)11-5-4-6-12(9-11)14(18)19/h4-6,9,20H,2-3,7-8,10H2,1H3,(H,18,19). The van der Waals surface area contributed by atoms with Gasteiger partial charge >= 0.3 is 5.97 Å². The highest BCUT2D eigenvalue weighted by molar-refractivity contribution is 5.97. The fraction of sp³-hybridized carbons (Fsp3) is 0.467. The van der Waals surface area contributed by atoms with Crippen molar-refractivity contribution in [2.75, 3.05) is 13.6 Å². The fourth-order valence-corrected chi connectivity index (χ4v) is 2.71. The van der Waals surface area contributed by atoms with Gasteiger partial charge in [-0.25, -0.2) is 4.79 Å². The van der Waals surface area contributed by atoms with Gasteiger partial charge in [-0.3, -0.25) is 4.79 Å². The van der Waals surface area contributed by atoms with Crippen LogP contribution >= 0.6 is 0 Å². The zero-order chi connectivity index (χ0) is 14.8. The number of rotatable bonds is 4. The molecule has 0 atom stereocenters. The molecule has 2 rings (SSSR count). The van der Waals surface area contributed by atoms with E-state index in [9.17, 15) is 14.7 Å². The van der Waals surface area contributed by atoms with Crippen molar-refractivity contribution in [2.45, 2.75) is 31.3 Å². The first kappa shape index (κ1) is 14.5. The zero-order valence-electron chi connectivity index (χ0n) is 11.5. The molecule has 1 aliphatic rings. The van der Waals surface area contributed by atoms with Gasteiger partial charge < -0.3 is 15.1 Å². The number of amides is 1. The van der Waals surface area contributed by atoms with Gasteiger partial charge in [0.2, 0.25) is 0 Å². The second-order valence-corrected chi connectivity index (χ2v) is 5.48. The maximum absolute atomic E-state index is 12.3. The van der Waals surface area contributed by atoms with E-state index in [-0.39, 0.29) is 18.0 Å². The summed E-state index contributed by atoms with van der Waals surface area (Å²) in [4.78, 5) is 24.6. The van der Waals surface area contributed by atoms with Crippen LogP contribution in [0.25, 0.3) is 0 Å². The normalized spacial score (nSPS) is 16.9. The number of likely N-dealkylation sites (N-methyl/N-ethyl adjacent to an activating group) is 1. The summed E-state index contributed by atoms with van der Waals surface area (Å²) in [5.74, 6) is -1.33. The lowest BCUT2D eigenvalue weighted by Gasteiger charge is -2.28. The molecule has 0 aliphatic heterocycles. The van der Waals surface area contributed by atoms with Crippen LogP contribution < -0.4 is 0 Å². The summed E-state index contributed by atoms with van der Waals surface area (Å²) in [5, 5.41) is 19.2. The summed E-state index contributed by atoms with van der Waals surface area (Å²) in [5.41, 5.74) is -0.382. The molecule has 0 bridgehead atoms. The third kappa shape index (κ3) is 3.17. The van der Waals surface area contributed by atoms with E-state index in [2.05, 4.69) is 0 Å². The van der Waals surface area contributed by atoms with E-state index >= 15 is 0 Å². The van der Waals surface area contributed by atoms with E-state index in [0.29, 0.717) is 18.4 Å². The smallest absolute Gasteiger partial charge is 0.335 e. The molecule has 0 heterocycles. The topological polar surface area (TPSA) is 77.8 Å². The van der Waals surface area contributed by atoms with Crippen molar-refractivity contribution >= 4 is 11.9 Å². The predicted molar refractivity (Wildman–Crippen MR) is 73.8 cm³/mol. The van der Waals surface area contributed by atoms with Gasteiger partial charge in [0.1, 0.15) is 0 Å². The van der Waals surface area contributed by atoms with Crippen LogP contribution in [0.4, 0.5) is 0 Å². The Morgan fingerprint density at radius 1 is 1.25 bits per heavy atom. The molecule has 5 nitrogen and oxygen atoms in total. The summed E-state index contributed by atoms with van der Waals surface area (Å²) in [6, 6.07) is 5.95. The van der Waals surface area contributed by atoms with E-state index in [1.54, 1.807) is 19.2 Å². The molecular weight excluding hydrogens is 258 g/mol. The molecule has 5 heteroatoms. The first-order valence-corrected chi connectivity index (χ1v) is 6.72. The predicted octanol–water partition coefficient (Wildman–Crippen LogP) is 1.76. The van der Waals surface area contributed by atoms with Gasteiger partial charge in [-0.15, -0.1) is 0 Å². The average molecular weight is 277 g/mol. The lowest BCUT2D eigenvalue weighted by molar-refractivity contribution is 0.0156. The van der Waals surface area contributed by atoms with E-state index in [1.807, 2.05) is 0 Å². The molecule has 0 spiro atoms. The monoisotopic (exact) mass is 277 g/mol. The van der Waals surface area contributed by atoms with E-state index in [4.69, 9.17) is 5.11 Å². The molecule has 2 N–H and O–H groups in total. The number of carbonyl (C=O) groups excluding carboxylic acids is 1. The fourth-order valence-electron chi connectivity index (χ4n) is 2.71. The van der Waals surface area contributed by atoms with E-state index in [1.165, 1.54) is 17.0 Å².